The van der Waals surface area contributed by atoms with E-state index in [2.05, 4.69) is 10.2 Å². The van der Waals surface area contributed by atoms with Crippen LogP contribution in [-0.4, -0.2) is 21.9 Å². The van der Waals surface area contributed by atoms with Crippen LogP contribution in [0.25, 0.3) is 17.3 Å². The number of aromatic nitrogens is 3. The molecular formula is C16H17N3O2. The Balaban J connectivity index is 2.27. The van der Waals surface area contributed by atoms with E-state index in [4.69, 9.17) is 9.15 Å². The Kier molecular flexibility index (Phi) is 3.25. The number of rotatable bonds is 3. The normalized spacial score (nSPS) is 10.9. The number of para-hydroxylation sites is 1. The Hall–Kier alpha value is -2.56. The lowest BCUT2D eigenvalue weighted by Gasteiger charge is -2.14. The van der Waals surface area contributed by atoms with Gasteiger partial charge in [0, 0.05) is 0 Å². The second-order valence-electron chi connectivity index (χ2n) is 4.94. The molecule has 3 rings (SSSR count). The number of nitrogens with zero attached hydrogens (tertiary/aromatic N) is 3. The highest BCUT2D eigenvalue weighted by Crippen LogP contribution is 2.31. The Morgan fingerprint density at radius 1 is 1.05 bits per heavy atom. The molecule has 0 saturated carbocycles. The summed E-state index contributed by atoms with van der Waals surface area (Å²) < 4.78 is 13.2. The molecule has 0 aliphatic carbocycles. The zero-order valence-electron chi connectivity index (χ0n) is 12.5. The van der Waals surface area contributed by atoms with Gasteiger partial charge >= 0.3 is 0 Å². The summed E-state index contributed by atoms with van der Waals surface area (Å²) in [4.78, 5) is 0. The number of methoxy groups -OCH3 is 1. The van der Waals surface area contributed by atoms with Gasteiger partial charge in [0.1, 0.15) is 17.3 Å². The summed E-state index contributed by atoms with van der Waals surface area (Å²) in [5.74, 6) is 3.77. The van der Waals surface area contributed by atoms with Gasteiger partial charge in [-0.05, 0) is 44.5 Å². The molecule has 2 heterocycles. The van der Waals surface area contributed by atoms with E-state index < -0.39 is 0 Å². The third-order valence-electron chi connectivity index (χ3n) is 3.43. The van der Waals surface area contributed by atoms with Gasteiger partial charge in [-0.2, -0.15) is 0 Å². The Labute approximate surface area is 123 Å². The van der Waals surface area contributed by atoms with Crippen molar-refractivity contribution in [2.45, 2.75) is 20.8 Å². The van der Waals surface area contributed by atoms with Crippen molar-refractivity contribution in [1.29, 1.82) is 0 Å². The Morgan fingerprint density at radius 2 is 1.86 bits per heavy atom. The molecule has 2 aromatic heterocycles. The van der Waals surface area contributed by atoms with Crippen LogP contribution in [0.15, 0.2) is 34.7 Å². The van der Waals surface area contributed by atoms with Crippen LogP contribution in [0.4, 0.5) is 0 Å². The highest BCUT2D eigenvalue weighted by molar-refractivity contribution is 5.60. The van der Waals surface area contributed by atoms with Crippen LogP contribution >= 0.6 is 0 Å². The van der Waals surface area contributed by atoms with Crippen molar-refractivity contribution in [3.8, 4) is 23.0 Å². The summed E-state index contributed by atoms with van der Waals surface area (Å²) in [7, 11) is 1.66. The van der Waals surface area contributed by atoms with Gasteiger partial charge in [0.15, 0.2) is 5.76 Å². The van der Waals surface area contributed by atoms with Gasteiger partial charge in [0.2, 0.25) is 5.82 Å². The van der Waals surface area contributed by atoms with Crippen LogP contribution in [0.1, 0.15) is 17.1 Å². The average molecular weight is 283 g/mol. The first kappa shape index (κ1) is 13.4. The lowest BCUT2D eigenvalue weighted by atomic mass is 10.1. The van der Waals surface area contributed by atoms with E-state index in [1.807, 2.05) is 55.7 Å². The molecule has 5 heteroatoms. The lowest BCUT2D eigenvalue weighted by Crippen LogP contribution is -2.04. The van der Waals surface area contributed by atoms with Gasteiger partial charge in [-0.25, -0.2) is 0 Å². The van der Waals surface area contributed by atoms with Gasteiger partial charge < -0.3 is 9.15 Å². The highest BCUT2D eigenvalue weighted by atomic mass is 16.5. The fourth-order valence-electron chi connectivity index (χ4n) is 2.43. The molecule has 0 aliphatic rings. The largest absolute Gasteiger partial charge is 0.495 e. The van der Waals surface area contributed by atoms with Crippen molar-refractivity contribution in [3.05, 3.63) is 47.5 Å². The van der Waals surface area contributed by atoms with Gasteiger partial charge in [-0.1, -0.05) is 12.1 Å². The van der Waals surface area contributed by atoms with E-state index >= 15 is 0 Å². The van der Waals surface area contributed by atoms with Gasteiger partial charge in [-0.3, -0.25) is 4.57 Å². The van der Waals surface area contributed by atoms with Gasteiger partial charge in [0.25, 0.3) is 0 Å². The van der Waals surface area contributed by atoms with Crippen LogP contribution < -0.4 is 4.74 Å². The van der Waals surface area contributed by atoms with E-state index in [0.29, 0.717) is 11.6 Å². The quantitative estimate of drug-likeness (QED) is 0.738. The number of aryl methyl sites for hydroxylation is 3. The lowest BCUT2D eigenvalue weighted by molar-refractivity contribution is 0.412. The second kappa shape index (κ2) is 5.09. The predicted molar refractivity (Wildman–Crippen MR) is 79.8 cm³/mol. The minimum absolute atomic E-state index is 0.674. The summed E-state index contributed by atoms with van der Waals surface area (Å²) in [5.41, 5.74) is 2.02. The SMILES string of the molecule is COc1cccc(C)c1-n1c(C)nnc1-c1ccc(C)o1. The molecular weight excluding hydrogens is 266 g/mol. The molecule has 0 bridgehead atoms. The van der Waals surface area contributed by atoms with Crippen molar-refractivity contribution in [3.63, 3.8) is 0 Å². The van der Waals surface area contributed by atoms with E-state index in [9.17, 15) is 0 Å². The summed E-state index contributed by atoms with van der Waals surface area (Å²) in [5, 5.41) is 8.45. The van der Waals surface area contributed by atoms with Crippen molar-refractivity contribution < 1.29 is 9.15 Å². The standard InChI is InChI=1S/C16H17N3O2/c1-10-6-5-7-13(20-4)15(10)19-12(3)17-18-16(19)14-9-8-11(2)21-14/h5-9H,1-4H3. The first-order chi connectivity index (χ1) is 10.1. The Morgan fingerprint density at radius 3 is 2.52 bits per heavy atom. The number of hydrogen-bond donors (Lipinski definition) is 0. The summed E-state index contributed by atoms with van der Waals surface area (Å²) in [6.07, 6.45) is 0. The molecule has 0 amide bonds. The first-order valence-corrected chi connectivity index (χ1v) is 6.74. The zero-order chi connectivity index (χ0) is 15.0. The Bertz CT molecular complexity index is 787. The van der Waals surface area contributed by atoms with Crippen LogP contribution in [0.5, 0.6) is 5.75 Å². The molecule has 108 valence electrons. The van der Waals surface area contributed by atoms with Crippen LogP contribution in [0, 0.1) is 20.8 Å². The third-order valence-corrected chi connectivity index (χ3v) is 3.43. The number of furan rings is 1. The van der Waals surface area contributed by atoms with E-state index in [1.54, 1.807) is 7.11 Å². The van der Waals surface area contributed by atoms with Crippen LogP contribution in [-0.2, 0) is 0 Å². The number of ether oxygens (including phenoxy) is 1. The second-order valence-corrected chi connectivity index (χ2v) is 4.94. The molecule has 5 nitrogen and oxygen atoms in total. The topological polar surface area (TPSA) is 53.1 Å². The maximum absolute atomic E-state index is 5.69. The molecule has 0 unspecified atom stereocenters. The predicted octanol–water partition coefficient (Wildman–Crippen LogP) is 3.46. The summed E-state index contributed by atoms with van der Waals surface area (Å²) in [6, 6.07) is 9.75. The summed E-state index contributed by atoms with van der Waals surface area (Å²) in [6.45, 7) is 5.86. The fourth-order valence-corrected chi connectivity index (χ4v) is 2.43. The summed E-state index contributed by atoms with van der Waals surface area (Å²) >= 11 is 0. The van der Waals surface area contributed by atoms with E-state index in [1.165, 1.54) is 0 Å². The van der Waals surface area contributed by atoms with Gasteiger partial charge in [0.05, 0.1) is 12.8 Å². The molecule has 0 spiro atoms. The monoisotopic (exact) mass is 283 g/mol. The van der Waals surface area contributed by atoms with Crippen molar-refractivity contribution in [1.82, 2.24) is 14.8 Å². The van der Waals surface area contributed by atoms with Crippen LogP contribution in [0.3, 0.4) is 0 Å². The molecule has 0 N–H and O–H groups in total. The third kappa shape index (κ3) is 2.20. The number of hydrogen-bond acceptors (Lipinski definition) is 4. The minimum Gasteiger partial charge on any atom is -0.495 e. The maximum Gasteiger partial charge on any atom is 0.204 e. The molecule has 0 saturated heterocycles. The fraction of sp³-hybridized carbons (Fsp3) is 0.250. The molecule has 0 aliphatic heterocycles. The average Bonchev–Trinajstić information content (AvgIpc) is 3.05. The van der Waals surface area contributed by atoms with E-state index in [0.717, 1.165) is 28.6 Å². The molecule has 1 aromatic carbocycles. The molecule has 0 radical (unpaired) electrons. The smallest absolute Gasteiger partial charge is 0.204 e. The number of benzene rings is 1. The highest BCUT2D eigenvalue weighted by Gasteiger charge is 2.19. The van der Waals surface area contributed by atoms with Crippen molar-refractivity contribution >= 4 is 0 Å². The maximum atomic E-state index is 5.69. The molecule has 3 aromatic rings. The zero-order valence-corrected chi connectivity index (χ0v) is 12.5. The minimum atomic E-state index is 0.674. The first-order valence-electron chi connectivity index (χ1n) is 6.74. The molecule has 0 fully saturated rings. The molecule has 0 atom stereocenters. The molecule has 21 heavy (non-hydrogen) atoms. The van der Waals surface area contributed by atoms with E-state index in [-0.39, 0.29) is 0 Å². The van der Waals surface area contributed by atoms with Crippen LogP contribution in [0.2, 0.25) is 0 Å². The van der Waals surface area contributed by atoms with Crippen molar-refractivity contribution in [2.24, 2.45) is 0 Å². The van der Waals surface area contributed by atoms with Gasteiger partial charge in [-0.15, -0.1) is 10.2 Å². The van der Waals surface area contributed by atoms with Crippen molar-refractivity contribution in [2.75, 3.05) is 7.11 Å².